The third-order valence-corrected chi connectivity index (χ3v) is 3.53. The van der Waals surface area contributed by atoms with Crippen LogP contribution in [0.15, 0.2) is 41.7 Å². The monoisotopic (exact) mass is 373 g/mol. The number of rotatable bonds is 8. The minimum absolute atomic E-state index is 0.112. The van der Waals surface area contributed by atoms with Gasteiger partial charge in [-0.15, -0.1) is 0 Å². The van der Waals surface area contributed by atoms with Crippen molar-refractivity contribution in [2.75, 3.05) is 20.8 Å². The fourth-order valence-corrected chi connectivity index (χ4v) is 2.32. The van der Waals surface area contributed by atoms with Gasteiger partial charge in [0.25, 0.3) is 0 Å². The van der Waals surface area contributed by atoms with Crippen LogP contribution in [0.3, 0.4) is 0 Å². The van der Waals surface area contributed by atoms with Gasteiger partial charge < -0.3 is 19.4 Å². The van der Waals surface area contributed by atoms with Crippen LogP contribution in [-0.2, 0) is 30.3 Å². The van der Waals surface area contributed by atoms with Gasteiger partial charge in [-0.2, -0.15) is 4.98 Å². The Morgan fingerprint density at radius 1 is 1.26 bits per heavy atom. The largest absolute Gasteiger partial charge is 0.493 e. The predicted molar refractivity (Wildman–Crippen MR) is 94.2 cm³/mol. The van der Waals surface area contributed by atoms with Crippen molar-refractivity contribution in [3.63, 3.8) is 0 Å². The molecule has 142 valence electrons. The number of hydrogen-bond acceptors (Lipinski definition) is 9. The zero-order valence-electron chi connectivity index (χ0n) is 14.9. The highest BCUT2D eigenvalue weighted by molar-refractivity contribution is 5.87. The van der Waals surface area contributed by atoms with Crippen LogP contribution in [-0.4, -0.2) is 54.1 Å². The van der Waals surface area contributed by atoms with Gasteiger partial charge in [0.05, 0.1) is 19.9 Å². The van der Waals surface area contributed by atoms with E-state index >= 15 is 0 Å². The van der Waals surface area contributed by atoms with Crippen molar-refractivity contribution in [1.29, 1.82) is 0 Å². The Bertz CT molecular complexity index is 824. The van der Waals surface area contributed by atoms with E-state index in [1.807, 2.05) is 0 Å². The number of carbonyl (C=O) groups excluding carboxylic acids is 2. The van der Waals surface area contributed by atoms with Gasteiger partial charge in [-0.3, -0.25) is 4.79 Å². The lowest BCUT2D eigenvalue weighted by Crippen LogP contribution is -2.20. The zero-order chi connectivity index (χ0) is 19.6. The first kappa shape index (κ1) is 20.0. The van der Waals surface area contributed by atoms with E-state index in [0.717, 1.165) is 0 Å². The first-order valence-corrected chi connectivity index (χ1v) is 7.95. The molecule has 0 fully saturated rings. The first-order valence-electron chi connectivity index (χ1n) is 7.95. The van der Waals surface area contributed by atoms with Crippen molar-refractivity contribution in [3.8, 4) is 5.88 Å². The molecule has 27 heavy (non-hydrogen) atoms. The van der Waals surface area contributed by atoms with Crippen molar-refractivity contribution < 1.29 is 29.0 Å². The molecule has 2 aromatic rings. The van der Waals surface area contributed by atoms with Crippen molar-refractivity contribution in [2.24, 2.45) is 5.16 Å². The quantitative estimate of drug-likeness (QED) is 0.317. The van der Waals surface area contributed by atoms with Crippen LogP contribution in [0.1, 0.15) is 22.9 Å². The molecule has 1 atom stereocenters. The minimum Gasteiger partial charge on any atom is -0.493 e. The van der Waals surface area contributed by atoms with E-state index < -0.39 is 17.9 Å². The Hall–Kier alpha value is -3.33. The van der Waals surface area contributed by atoms with Crippen molar-refractivity contribution in [1.82, 2.24) is 9.97 Å². The molecule has 9 heteroatoms. The molecule has 0 spiro atoms. The maximum atomic E-state index is 12.0. The maximum Gasteiger partial charge on any atom is 0.342 e. The van der Waals surface area contributed by atoms with Gasteiger partial charge in [0.1, 0.15) is 18.2 Å². The average Bonchev–Trinajstić information content (AvgIpc) is 2.66. The SMILES string of the molecule is COCC(C(=O)OC)c1ccccc1/C=N/OC(=O)Cc1nccc(O)n1. The molecule has 1 heterocycles. The third-order valence-electron chi connectivity index (χ3n) is 3.53. The Balaban J connectivity index is 2.08. The van der Waals surface area contributed by atoms with E-state index in [0.29, 0.717) is 11.1 Å². The number of esters is 1. The molecule has 0 aliphatic rings. The second kappa shape index (κ2) is 9.97. The zero-order valence-corrected chi connectivity index (χ0v) is 14.9. The van der Waals surface area contributed by atoms with Gasteiger partial charge in [0.15, 0.2) is 0 Å². The topological polar surface area (TPSA) is 120 Å². The van der Waals surface area contributed by atoms with Crippen LogP contribution in [0.5, 0.6) is 5.88 Å². The molecule has 0 saturated carbocycles. The second-order valence-electron chi connectivity index (χ2n) is 5.37. The molecule has 0 amide bonds. The van der Waals surface area contributed by atoms with Gasteiger partial charge in [0.2, 0.25) is 5.88 Å². The predicted octanol–water partition coefficient (Wildman–Crippen LogP) is 1.20. The van der Waals surface area contributed by atoms with E-state index in [4.69, 9.17) is 14.3 Å². The van der Waals surface area contributed by atoms with E-state index in [-0.39, 0.29) is 24.7 Å². The minimum atomic E-state index is -0.698. The maximum absolute atomic E-state index is 12.0. The summed E-state index contributed by atoms with van der Waals surface area (Å²) < 4.78 is 9.90. The highest BCUT2D eigenvalue weighted by Gasteiger charge is 2.23. The fourth-order valence-electron chi connectivity index (χ4n) is 2.32. The van der Waals surface area contributed by atoms with Crippen molar-refractivity contribution >= 4 is 18.2 Å². The Morgan fingerprint density at radius 2 is 2.04 bits per heavy atom. The molecule has 1 N–H and O–H groups in total. The Labute approximate surface area is 155 Å². The standard InChI is InChI=1S/C18H19N3O6/c1-25-11-14(18(24)26-2)13-6-4-3-5-12(13)10-20-27-17(23)9-15-19-8-7-16(22)21-15/h3-8,10,14H,9,11H2,1-2H3,(H,19,21,22)/b20-10+. The molecule has 0 saturated heterocycles. The van der Waals surface area contributed by atoms with Gasteiger partial charge in [-0.05, 0) is 5.56 Å². The Morgan fingerprint density at radius 3 is 2.74 bits per heavy atom. The first-order chi connectivity index (χ1) is 13.0. The summed E-state index contributed by atoms with van der Waals surface area (Å²) in [6.07, 6.45) is 2.40. The molecule has 0 bridgehead atoms. The van der Waals surface area contributed by atoms with E-state index in [9.17, 15) is 14.7 Å². The summed E-state index contributed by atoms with van der Waals surface area (Å²) in [5.74, 6) is -1.91. The number of ether oxygens (including phenoxy) is 2. The summed E-state index contributed by atoms with van der Waals surface area (Å²) in [7, 11) is 2.78. The number of oxime groups is 1. The van der Waals surface area contributed by atoms with Crippen LogP contribution < -0.4 is 0 Å². The lowest BCUT2D eigenvalue weighted by atomic mass is 9.95. The van der Waals surface area contributed by atoms with Crippen LogP contribution in [0.25, 0.3) is 0 Å². The highest BCUT2D eigenvalue weighted by Crippen LogP contribution is 2.21. The molecule has 1 aromatic heterocycles. The molecular weight excluding hydrogens is 354 g/mol. The number of methoxy groups -OCH3 is 2. The van der Waals surface area contributed by atoms with Gasteiger partial charge in [-0.1, -0.05) is 29.4 Å². The van der Waals surface area contributed by atoms with Crippen LogP contribution in [0.4, 0.5) is 0 Å². The van der Waals surface area contributed by atoms with E-state index in [1.54, 1.807) is 24.3 Å². The number of nitrogens with zero attached hydrogens (tertiary/aromatic N) is 3. The van der Waals surface area contributed by atoms with Crippen molar-refractivity contribution in [3.05, 3.63) is 53.5 Å². The lowest BCUT2D eigenvalue weighted by molar-refractivity contribution is -0.144. The number of aromatic nitrogens is 2. The highest BCUT2D eigenvalue weighted by atomic mass is 16.7. The molecule has 0 radical (unpaired) electrons. The fraction of sp³-hybridized carbons (Fsp3) is 0.278. The average molecular weight is 373 g/mol. The molecule has 2 rings (SSSR count). The summed E-state index contributed by atoms with van der Waals surface area (Å²) in [6, 6.07) is 8.28. The summed E-state index contributed by atoms with van der Waals surface area (Å²) in [6.45, 7) is 0.131. The molecular formula is C18H19N3O6. The molecule has 0 aliphatic heterocycles. The van der Waals surface area contributed by atoms with Crippen LogP contribution >= 0.6 is 0 Å². The van der Waals surface area contributed by atoms with Crippen LogP contribution in [0, 0.1) is 0 Å². The number of carbonyl (C=O) groups is 2. The second-order valence-corrected chi connectivity index (χ2v) is 5.37. The number of hydrogen-bond donors (Lipinski definition) is 1. The molecule has 1 unspecified atom stereocenters. The normalized spacial score (nSPS) is 11.9. The lowest BCUT2D eigenvalue weighted by Gasteiger charge is -2.16. The third kappa shape index (κ3) is 5.86. The smallest absolute Gasteiger partial charge is 0.342 e. The summed E-state index contributed by atoms with van der Waals surface area (Å²) in [5, 5.41) is 12.9. The summed E-state index contributed by atoms with van der Waals surface area (Å²) >= 11 is 0. The van der Waals surface area contributed by atoms with Crippen molar-refractivity contribution in [2.45, 2.75) is 12.3 Å². The van der Waals surface area contributed by atoms with Gasteiger partial charge >= 0.3 is 11.9 Å². The molecule has 0 aliphatic carbocycles. The summed E-state index contributed by atoms with van der Waals surface area (Å²) in [4.78, 5) is 36.1. The number of aromatic hydroxyl groups is 1. The number of benzene rings is 1. The van der Waals surface area contributed by atoms with Gasteiger partial charge in [0, 0.05) is 24.9 Å². The van der Waals surface area contributed by atoms with Gasteiger partial charge in [-0.25, -0.2) is 9.78 Å². The molecule has 9 nitrogen and oxygen atoms in total. The van der Waals surface area contributed by atoms with Crippen LogP contribution in [0.2, 0.25) is 0 Å². The van der Waals surface area contributed by atoms with E-state index in [1.165, 1.54) is 32.7 Å². The van der Waals surface area contributed by atoms with E-state index in [2.05, 4.69) is 15.1 Å². The Kier molecular flexibility index (Phi) is 7.38. The molecule has 1 aromatic carbocycles. The summed E-state index contributed by atoms with van der Waals surface area (Å²) in [5.41, 5.74) is 1.20.